The molecule has 3 aliphatic rings. The van der Waals surface area contributed by atoms with Gasteiger partial charge in [-0.2, -0.15) is 10.2 Å². The van der Waals surface area contributed by atoms with Crippen molar-refractivity contribution in [1.29, 1.82) is 5.26 Å². The summed E-state index contributed by atoms with van der Waals surface area (Å²) in [5.74, 6) is 2.83. The molecule has 1 atom stereocenters. The number of ether oxygens (including phenoxy) is 1. The third-order valence-corrected chi connectivity index (χ3v) is 6.11. The van der Waals surface area contributed by atoms with Crippen molar-refractivity contribution in [2.45, 2.75) is 38.0 Å². The number of nitriles is 1. The summed E-state index contributed by atoms with van der Waals surface area (Å²) in [5.41, 5.74) is 2.24. The quantitative estimate of drug-likeness (QED) is 0.809. The van der Waals surface area contributed by atoms with Crippen LogP contribution >= 0.6 is 0 Å². The van der Waals surface area contributed by atoms with Crippen LogP contribution in [0.2, 0.25) is 0 Å². The Labute approximate surface area is 165 Å². The highest BCUT2D eigenvalue weighted by molar-refractivity contribution is 5.93. The van der Waals surface area contributed by atoms with Crippen LogP contribution in [0.5, 0.6) is 0 Å². The molecular weight excluding hydrogens is 352 g/mol. The fourth-order valence-electron chi connectivity index (χ4n) is 4.47. The van der Waals surface area contributed by atoms with Gasteiger partial charge in [0.1, 0.15) is 5.82 Å². The van der Waals surface area contributed by atoms with E-state index in [0.717, 1.165) is 56.3 Å². The molecule has 7 heteroatoms. The average molecular weight is 378 g/mol. The second kappa shape index (κ2) is 7.51. The molecule has 0 aromatic carbocycles. The highest BCUT2D eigenvalue weighted by Gasteiger charge is 2.31. The van der Waals surface area contributed by atoms with E-state index in [-0.39, 0.29) is 0 Å². The largest absolute Gasteiger partial charge is 0.378 e. The number of hydrogen-bond donors (Lipinski definition) is 0. The molecule has 1 aliphatic carbocycles. The minimum absolute atomic E-state index is 0.418. The van der Waals surface area contributed by atoms with E-state index in [0.29, 0.717) is 31.5 Å². The molecule has 4 heterocycles. The zero-order chi connectivity index (χ0) is 18.9. The number of rotatable bonds is 4. The summed E-state index contributed by atoms with van der Waals surface area (Å²) < 4.78 is 5.50. The lowest BCUT2D eigenvalue weighted by atomic mass is 9.95. The molecule has 0 spiro atoms. The first-order chi connectivity index (χ1) is 13.8. The van der Waals surface area contributed by atoms with Crippen LogP contribution in [-0.4, -0.2) is 54.3 Å². The highest BCUT2D eigenvalue weighted by atomic mass is 16.5. The van der Waals surface area contributed by atoms with Gasteiger partial charge in [0.05, 0.1) is 31.0 Å². The number of aromatic nitrogens is 3. The van der Waals surface area contributed by atoms with E-state index in [9.17, 15) is 0 Å². The van der Waals surface area contributed by atoms with Gasteiger partial charge >= 0.3 is 0 Å². The Kier molecular flexibility index (Phi) is 4.73. The molecule has 0 bridgehead atoms. The van der Waals surface area contributed by atoms with E-state index in [2.05, 4.69) is 20.9 Å². The third-order valence-electron chi connectivity index (χ3n) is 6.11. The van der Waals surface area contributed by atoms with Gasteiger partial charge in [0, 0.05) is 44.2 Å². The summed E-state index contributed by atoms with van der Waals surface area (Å²) in [6.45, 7) is 4.95. The van der Waals surface area contributed by atoms with Crippen molar-refractivity contribution in [3.8, 4) is 6.07 Å². The average Bonchev–Trinajstić information content (AvgIpc) is 3.59. The van der Waals surface area contributed by atoms with Crippen LogP contribution in [0, 0.1) is 17.2 Å². The number of hydrogen-bond acceptors (Lipinski definition) is 7. The molecule has 0 N–H and O–H groups in total. The Morgan fingerprint density at radius 3 is 2.71 bits per heavy atom. The van der Waals surface area contributed by atoms with E-state index in [1.807, 2.05) is 12.4 Å². The third kappa shape index (κ3) is 3.37. The summed E-state index contributed by atoms with van der Waals surface area (Å²) in [6.07, 6.45) is 9.19. The van der Waals surface area contributed by atoms with Gasteiger partial charge in [-0.1, -0.05) is 0 Å². The van der Waals surface area contributed by atoms with E-state index in [4.69, 9.17) is 20.0 Å². The number of fused-ring (bicyclic) bond motifs is 1. The van der Waals surface area contributed by atoms with Crippen LogP contribution in [0.25, 0.3) is 10.9 Å². The standard InChI is InChI=1S/C21H26N6O/c22-6-5-15-2-1-7-27(14-15)20-19-17(16-3-4-16)12-23-13-18(19)24-21(25-20)26-8-10-28-11-9-26/h12-13,15-16H,1-5,7-11,14H2/t15-/m0/s1. The molecule has 146 valence electrons. The van der Waals surface area contributed by atoms with Gasteiger partial charge in [0.25, 0.3) is 0 Å². The zero-order valence-corrected chi connectivity index (χ0v) is 16.2. The lowest BCUT2D eigenvalue weighted by Gasteiger charge is -2.34. The first-order valence-electron chi connectivity index (χ1n) is 10.4. The Morgan fingerprint density at radius 1 is 1.07 bits per heavy atom. The maximum absolute atomic E-state index is 9.17. The topological polar surface area (TPSA) is 78.2 Å². The molecule has 2 saturated heterocycles. The lowest BCUT2D eigenvalue weighted by molar-refractivity contribution is 0.122. The smallest absolute Gasteiger partial charge is 0.228 e. The number of morpholine rings is 1. The Balaban J connectivity index is 1.60. The molecule has 7 nitrogen and oxygen atoms in total. The molecular formula is C21H26N6O. The van der Waals surface area contributed by atoms with Crippen molar-refractivity contribution in [1.82, 2.24) is 15.0 Å². The van der Waals surface area contributed by atoms with Gasteiger partial charge in [-0.25, -0.2) is 4.98 Å². The highest BCUT2D eigenvalue weighted by Crippen LogP contribution is 2.45. The molecule has 5 rings (SSSR count). The van der Waals surface area contributed by atoms with Crippen LogP contribution in [-0.2, 0) is 4.74 Å². The van der Waals surface area contributed by atoms with Crippen molar-refractivity contribution in [2.24, 2.45) is 5.92 Å². The Bertz CT molecular complexity index is 900. The molecule has 1 saturated carbocycles. The second-order valence-corrected chi connectivity index (χ2v) is 8.16. The van der Waals surface area contributed by atoms with Crippen molar-refractivity contribution in [3.63, 3.8) is 0 Å². The molecule has 0 unspecified atom stereocenters. The van der Waals surface area contributed by atoms with Gasteiger partial charge in [0.15, 0.2) is 0 Å². The number of anilines is 2. The predicted molar refractivity (Wildman–Crippen MR) is 108 cm³/mol. The fraction of sp³-hybridized carbons (Fsp3) is 0.619. The molecule has 2 aromatic rings. The summed E-state index contributed by atoms with van der Waals surface area (Å²) in [5, 5.41) is 10.3. The number of pyridine rings is 1. The summed E-state index contributed by atoms with van der Waals surface area (Å²) >= 11 is 0. The summed E-state index contributed by atoms with van der Waals surface area (Å²) in [7, 11) is 0. The number of piperidine rings is 1. The van der Waals surface area contributed by atoms with Crippen LogP contribution in [0.4, 0.5) is 11.8 Å². The van der Waals surface area contributed by atoms with E-state index in [1.54, 1.807) is 0 Å². The van der Waals surface area contributed by atoms with Gasteiger partial charge in [-0.05, 0) is 43.1 Å². The van der Waals surface area contributed by atoms with Crippen molar-refractivity contribution in [2.75, 3.05) is 49.2 Å². The molecule has 2 aliphatic heterocycles. The minimum atomic E-state index is 0.418. The Hall–Kier alpha value is -2.46. The van der Waals surface area contributed by atoms with E-state index >= 15 is 0 Å². The Morgan fingerprint density at radius 2 is 1.93 bits per heavy atom. The van der Waals surface area contributed by atoms with E-state index in [1.165, 1.54) is 23.8 Å². The van der Waals surface area contributed by atoms with Gasteiger partial charge in [-0.3, -0.25) is 4.98 Å². The fourth-order valence-corrected chi connectivity index (χ4v) is 4.47. The van der Waals surface area contributed by atoms with Crippen LogP contribution < -0.4 is 9.80 Å². The zero-order valence-electron chi connectivity index (χ0n) is 16.2. The maximum atomic E-state index is 9.17. The second-order valence-electron chi connectivity index (χ2n) is 8.16. The minimum Gasteiger partial charge on any atom is -0.378 e. The van der Waals surface area contributed by atoms with Crippen LogP contribution in [0.1, 0.15) is 43.6 Å². The van der Waals surface area contributed by atoms with Crippen LogP contribution in [0.15, 0.2) is 12.4 Å². The first-order valence-corrected chi connectivity index (χ1v) is 10.4. The molecule has 3 fully saturated rings. The SMILES string of the molecule is N#CC[C@@H]1CCCN(c2nc(N3CCOCC3)nc3cncc(C4CC4)c23)C1. The number of nitrogens with zero attached hydrogens (tertiary/aromatic N) is 6. The van der Waals surface area contributed by atoms with Crippen molar-refractivity contribution >= 4 is 22.7 Å². The summed E-state index contributed by atoms with van der Waals surface area (Å²) in [4.78, 5) is 19.1. The van der Waals surface area contributed by atoms with Crippen molar-refractivity contribution < 1.29 is 4.74 Å². The predicted octanol–water partition coefficient (Wildman–Crippen LogP) is 2.87. The molecule has 0 amide bonds. The maximum Gasteiger partial charge on any atom is 0.228 e. The molecule has 0 radical (unpaired) electrons. The van der Waals surface area contributed by atoms with E-state index < -0.39 is 0 Å². The normalized spacial score (nSPS) is 23.0. The van der Waals surface area contributed by atoms with Gasteiger partial charge < -0.3 is 14.5 Å². The first kappa shape index (κ1) is 17.6. The summed E-state index contributed by atoms with van der Waals surface area (Å²) in [6, 6.07) is 2.36. The monoisotopic (exact) mass is 378 g/mol. The van der Waals surface area contributed by atoms with Crippen LogP contribution in [0.3, 0.4) is 0 Å². The van der Waals surface area contributed by atoms with Gasteiger partial charge in [-0.15, -0.1) is 0 Å². The molecule has 28 heavy (non-hydrogen) atoms. The van der Waals surface area contributed by atoms with Crippen molar-refractivity contribution in [3.05, 3.63) is 18.0 Å². The van der Waals surface area contributed by atoms with Gasteiger partial charge in [0.2, 0.25) is 5.95 Å². The molecule has 2 aromatic heterocycles. The lowest BCUT2D eigenvalue weighted by Crippen LogP contribution is -2.39.